The molecule has 1 fully saturated rings. The maximum absolute atomic E-state index is 13.7. The predicted molar refractivity (Wildman–Crippen MR) is 117 cm³/mol. The maximum Gasteiger partial charge on any atom is 0.187 e. The first-order valence-electron chi connectivity index (χ1n) is 8.80. The number of likely N-dealkylation sites (tertiary alicyclic amines) is 1. The third-order valence-electron chi connectivity index (χ3n) is 4.92. The van der Waals surface area contributed by atoms with Crippen LogP contribution in [-0.4, -0.2) is 41.7 Å². The van der Waals surface area contributed by atoms with Crippen molar-refractivity contribution in [2.24, 2.45) is 0 Å². The lowest BCUT2D eigenvalue weighted by Crippen LogP contribution is -2.52. The van der Waals surface area contributed by atoms with Crippen LogP contribution in [0.4, 0.5) is 0 Å². The normalized spacial score (nSPS) is 22.6. The number of rotatable bonds is 4. The van der Waals surface area contributed by atoms with Crippen LogP contribution in [0.25, 0.3) is 0 Å². The van der Waals surface area contributed by atoms with E-state index in [2.05, 4.69) is 36.8 Å². The van der Waals surface area contributed by atoms with Crippen molar-refractivity contribution in [3.8, 4) is 5.75 Å². The average Bonchev–Trinajstić information content (AvgIpc) is 3.13. The van der Waals surface area contributed by atoms with E-state index in [1.807, 2.05) is 36.4 Å². The van der Waals surface area contributed by atoms with Gasteiger partial charge in [-0.1, -0.05) is 27.5 Å². The molecule has 0 bridgehead atoms. The van der Waals surface area contributed by atoms with Crippen molar-refractivity contribution in [1.29, 1.82) is 0 Å². The summed E-state index contributed by atoms with van der Waals surface area (Å²) in [6, 6.07) is 11.4. The van der Waals surface area contributed by atoms with Crippen molar-refractivity contribution in [2.75, 3.05) is 26.2 Å². The summed E-state index contributed by atoms with van der Waals surface area (Å²) >= 11 is 14.6. The van der Waals surface area contributed by atoms with E-state index in [4.69, 9.17) is 16.3 Å². The van der Waals surface area contributed by atoms with Gasteiger partial charge in [0.25, 0.3) is 0 Å². The highest BCUT2D eigenvalue weighted by Crippen LogP contribution is 2.45. The molecule has 0 spiro atoms. The van der Waals surface area contributed by atoms with Crippen molar-refractivity contribution in [3.05, 3.63) is 55.9 Å². The first-order chi connectivity index (χ1) is 13.0. The molecule has 0 unspecified atom stereocenters. The number of thioether (sulfide) groups is 1. The van der Waals surface area contributed by atoms with E-state index in [-0.39, 0.29) is 5.78 Å². The van der Waals surface area contributed by atoms with E-state index in [0.29, 0.717) is 29.5 Å². The van der Waals surface area contributed by atoms with E-state index < -0.39 is 4.75 Å². The number of ketones is 1. The summed E-state index contributed by atoms with van der Waals surface area (Å²) in [5.74, 6) is 0.759. The molecule has 0 amide bonds. The van der Waals surface area contributed by atoms with E-state index in [1.165, 1.54) is 12.8 Å². The molecule has 2 aliphatic heterocycles. The fraction of sp³-hybridized carbons (Fsp3) is 0.350. The van der Waals surface area contributed by atoms with Gasteiger partial charge in [-0.05, 0) is 78.3 Å². The molecule has 0 saturated carbocycles. The largest absolute Gasteiger partial charge is 0.490 e. The molecule has 7 heteroatoms. The molecular weight excluding hydrogens is 514 g/mol. The molecule has 0 aromatic heterocycles. The minimum Gasteiger partial charge on any atom is -0.490 e. The zero-order valence-corrected chi connectivity index (χ0v) is 19.3. The van der Waals surface area contributed by atoms with Gasteiger partial charge in [-0.2, -0.15) is 0 Å². The highest BCUT2D eigenvalue weighted by atomic mass is 79.9. The molecule has 2 aromatic carbocycles. The summed E-state index contributed by atoms with van der Waals surface area (Å²) in [7, 11) is 0. The minimum absolute atomic E-state index is 0.123. The van der Waals surface area contributed by atoms with Gasteiger partial charge in [0, 0.05) is 20.9 Å². The number of carbonyl (C=O) groups excluding carboxylic acids is 1. The lowest BCUT2D eigenvalue weighted by Gasteiger charge is -2.38. The number of hydrogen-bond donors (Lipinski definition) is 0. The molecule has 2 heterocycles. The molecule has 3 nitrogen and oxygen atoms in total. The number of ether oxygens (including phenoxy) is 1. The lowest BCUT2D eigenvalue weighted by atomic mass is 9.93. The van der Waals surface area contributed by atoms with Crippen LogP contribution in [0, 0.1) is 0 Å². The van der Waals surface area contributed by atoms with Gasteiger partial charge < -0.3 is 9.64 Å². The molecule has 0 radical (unpaired) electrons. The third-order valence-corrected chi connectivity index (χ3v) is 7.55. The molecule has 4 rings (SSSR count). The van der Waals surface area contributed by atoms with Crippen LogP contribution >= 0.6 is 55.2 Å². The second kappa shape index (κ2) is 8.07. The Hall–Kier alpha value is -0.530. The number of halogens is 3. The smallest absolute Gasteiger partial charge is 0.187 e. The highest BCUT2D eigenvalue weighted by molar-refractivity contribution is 9.11. The quantitative estimate of drug-likeness (QED) is 0.479. The van der Waals surface area contributed by atoms with Crippen LogP contribution < -0.4 is 4.74 Å². The second-order valence-electron chi connectivity index (χ2n) is 6.92. The van der Waals surface area contributed by atoms with Crippen LogP contribution in [0.5, 0.6) is 5.75 Å². The molecule has 0 aliphatic carbocycles. The summed E-state index contributed by atoms with van der Waals surface area (Å²) in [6.07, 6.45) is 2.37. The monoisotopic (exact) mass is 529 g/mol. The molecule has 2 aromatic rings. The molecule has 1 saturated heterocycles. The Morgan fingerprint density at radius 2 is 1.85 bits per heavy atom. The van der Waals surface area contributed by atoms with Gasteiger partial charge in [-0.25, -0.2) is 0 Å². The van der Waals surface area contributed by atoms with Crippen LogP contribution in [0.1, 0.15) is 23.2 Å². The molecule has 27 heavy (non-hydrogen) atoms. The Morgan fingerprint density at radius 1 is 1.15 bits per heavy atom. The van der Waals surface area contributed by atoms with Gasteiger partial charge >= 0.3 is 0 Å². The molecule has 142 valence electrons. The van der Waals surface area contributed by atoms with Gasteiger partial charge in [0.15, 0.2) is 5.78 Å². The van der Waals surface area contributed by atoms with Crippen LogP contribution in [-0.2, 0) is 0 Å². The second-order valence-corrected chi connectivity index (χ2v) is 10.6. The molecule has 2 aliphatic rings. The summed E-state index contributed by atoms with van der Waals surface area (Å²) in [6.45, 7) is 3.10. The number of fused-ring (bicyclic) bond motifs is 1. The zero-order valence-electron chi connectivity index (χ0n) is 14.5. The Labute approximate surface area is 185 Å². The predicted octanol–water partition coefficient (Wildman–Crippen LogP) is 6.07. The van der Waals surface area contributed by atoms with Gasteiger partial charge in [0.2, 0.25) is 0 Å². The van der Waals surface area contributed by atoms with Gasteiger partial charge in [-0.3, -0.25) is 4.79 Å². The molecule has 1 atom stereocenters. The molecular formula is C20H18Br2ClNO2S. The fourth-order valence-corrected chi connectivity index (χ4v) is 6.39. The number of benzene rings is 2. The summed E-state index contributed by atoms with van der Waals surface area (Å²) in [5.41, 5.74) is 0.628. The Kier molecular flexibility index (Phi) is 5.91. The fourth-order valence-electron chi connectivity index (χ4n) is 3.63. The average molecular weight is 532 g/mol. The molecule has 0 N–H and O–H groups in total. The SMILES string of the molecule is O=C1c2cc(Br)cc(Br)c2OC[C@]1(CN1CCCC1)Sc1ccc(Cl)cc1. The lowest BCUT2D eigenvalue weighted by molar-refractivity contribution is 0.0831. The van der Waals surface area contributed by atoms with Gasteiger partial charge in [-0.15, -0.1) is 11.8 Å². The summed E-state index contributed by atoms with van der Waals surface area (Å²) < 4.78 is 7.12. The Balaban J connectivity index is 1.73. The highest BCUT2D eigenvalue weighted by Gasteiger charge is 2.47. The zero-order chi connectivity index (χ0) is 19.0. The minimum atomic E-state index is -0.675. The van der Waals surface area contributed by atoms with Crippen LogP contribution in [0.2, 0.25) is 5.02 Å². The van der Waals surface area contributed by atoms with E-state index in [0.717, 1.165) is 26.9 Å². The van der Waals surface area contributed by atoms with E-state index in [1.54, 1.807) is 11.8 Å². The maximum atomic E-state index is 13.7. The van der Waals surface area contributed by atoms with E-state index in [9.17, 15) is 4.79 Å². The summed E-state index contributed by atoms with van der Waals surface area (Å²) in [4.78, 5) is 17.1. The van der Waals surface area contributed by atoms with Crippen molar-refractivity contribution in [1.82, 2.24) is 4.90 Å². The first-order valence-corrected chi connectivity index (χ1v) is 11.6. The number of Topliss-reactive ketones (excluding diaryl/α,β-unsaturated/α-hetero) is 1. The summed E-state index contributed by atoms with van der Waals surface area (Å²) in [5, 5.41) is 0.692. The third kappa shape index (κ3) is 4.10. The van der Waals surface area contributed by atoms with E-state index >= 15 is 0 Å². The number of carbonyl (C=O) groups is 1. The topological polar surface area (TPSA) is 29.5 Å². The Morgan fingerprint density at radius 3 is 2.56 bits per heavy atom. The number of hydrogen-bond acceptors (Lipinski definition) is 4. The van der Waals surface area contributed by atoms with Crippen molar-refractivity contribution in [2.45, 2.75) is 22.5 Å². The Bertz CT molecular complexity index is 871. The van der Waals surface area contributed by atoms with Crippen LogP contribution in [0.15, 0.2) is 50.2 Å². The van der Waals surface area contributed by atoms with Gasteiger partial charge in [0.05, 0.1) is 10.0 Å². The van der Waals surface area contributed by atoms with Gasteiger partial charge in [0.1, 0.15) is 17.1 Å². The standard InChI is InChI=1S/C20H18Br2ClNO2S/c21-13-9-16-18(17(22)10-13)26-12-20(19(16)25,11-24-7-1-2-8-24)27-15-5-3-14(23)4-6-15/h3-6,9-10H,1-2,7-8,11-12H2/t20-/m0/s1. The first kappa shape index (κ1) is 19.8. The van der Waals surface area contributed by atoms with Crippen molar-refractivity contribution < 1.29 is 9.53 Å². The number of nitrogens with zero attached hydrogens (tertiary/aromatic N) is 1. The van der Waals surface area contributed by atoms with Crippen molar-refractivity contribution >= 4 is 61.0 Å². The van der Waals surface area contributed by atoms with Crippen molar-refractivity contribution in [3.63, 3.8) is 0 Å². The van der Waals surface area contributed by atoms with Crippen LogP contribution in [0.3, 0.4) is 0 Å².